The molecule has 0 saturated carbocycles. The van der Waals surface area contributed by atoms with Gasteiger partial charge in [-0.25, -0.2) is 19.2 Å². The molecule has 1 N–H and O–H groups in total. The van der Waals surface area contributed by atoms with Crippen LogP contribution in [0.1, 0.15) is 44.2 Å². The first-order chi connectivity index (χ1) is 16.9. The highest BCUT2D eigenvalue weighted by molar-refractivity contribution is 6.83. The van der Waals surface area contributed by atoms with Gasteiger partial charge in [0.05, 0.1) is 16.8 Å². The van der Waals surface area contributed by atoms with Crippen LogP contribution in [0.5, 0.6) is 0 Å². The van der Waals surface area contributed by atoms with E-state index in [1.807, 2.05) is 39.0 Å². The van der Waals surface area contributed by atoms with Crippen molar-refractivity contribution in [3.63, 3.8) is 0 Å². The van der Waals surface area contributed by atoms with Crippen molar-refractivity contribution in [3.8, 4) is 11.5 Å². The lowest BCUT2D eigenvalue weighted by atomic mass is 9.97. The maximum atomic E-state index is 15.3. The van der Waals surface area contributed by atoms with E-state index in [1.165, 1.54) is 6.33 Å². The normalized spacial score (nSPS) is 16.0. The molecule has 36 heavy (non-hydrogen) atoms. The van der Waals surface area contributed by atoms with Gasteiger partial charge in [-0.1, -0.05) is 37.7 Å². The Labute approximate surface area is 213 Å². The third-order valence-electron chi connectivity index (χ3n) is 5.79. The van der Waals surface area contributed by atoms with Crippen molar-refractivity contribution in [1.82, 2.24) is 14.9 Å². The smallest absolute Gasteiger partial charge is 0.410 e. The van der Waals surface area contributed by atoms with Crippen molar-refractivity contribution in [2.75, 3.05) is 18.4 Å². The monoisotopic (exact) mass is 504 g/mol. The molecule has 2 heterocycles. The number of fused-ring (bicyclic) bond motifs is 1. The van der Waals surface area contributed by atoms with Crippen LogP contribution >= 0.6 is 0 Å². The van der Waals surface area contributed by atoms with Gasteiger partial charge in [0.15, 0.2) is 5.82 Å². The van der Waals surface area contributed by atoms with E-state index in [9.17, 15) is 4.79 Å². The Morgan fingerprint density at radius 2 is 1.97 bits per heavy atom. The fourth-order valence-corrected chi connectivity index (χ4v) is 4.57. The van der Waals surface area contributed by atoms with Crippen LogP contribution in [0, 0.1) is 17.3 Å². The Kier molecular flexibility index (Phi) is 7.05. The molecule has 0 spiro atoms. The number of rotatable bonds is 3. The molecule has 0 bridgehead atoms. The quantitative estimate of drug-likeness (QED) is 0.327. The third-order valence-corrected chi connectivity index (χ3v) is 6.67. The summed E-state index contributed by atoms with van der Waals surface area (Å²) in [6.45, 7) is 13.2. The third kappa shape index (κ3) is 6.21. The fraction of sp³-hybridized carbons (Fsp3) is 0.393. The van der Waals surface area contributed by atoms with Gasteiger partial charge in [-0.05, 0) is 57.0 Å². The molecule has 1 saturated heterocycles. The number of nitrogens with one attached hydrogen (secondary N) is 1. The lowest BCUT2D eigenvalue weighted by Gasteiger charge is -2.24. The van der Waals surface area contributed by atoms with E-state index in [4.69, 9.17) is 4.74 Å². The predicted octanol–water partition coefficient (Wildman–Crippen LogP) is 6.47. The molecular weight excluding hydrogens is 471 g/mol. The highest BCUT2D eigenvalue weighted by Crippen LogP contribution is 2.32. The number of anilines is 2. The number of likely N-dealkylation sites (tertiary alicyclic amines) is 1. The molecule has 2 aromatic carbocycles. The molecule has 0 radical (unpaired) electrons. The topological polar surface area (TPSA) is 67.3 Å². The van der Waals surface area contributed by atoms with Crippen LogP contribution in [0.15, 0.2) is 42.7 Å². The summed E-state index contributed by atoms with van der Waals surface area (Å²) >= 11 is 0. The Balaban J connectivity index is 1.59. The first kappa shape index (κ1) is 25.6. The molecule has 4 rings (SSSR count). The van der Waals surface area contributed by atoms with E-state index in [1.54, 1.807) is 23.1 Å². The molecule has 0 unspecified atom stereocenters. The molecule has 6 nitrogen and oxygen atoms in total. The Hall–Kier alpha value is -3.44. The number of benzene rings is 2. The molecule has 8 heteroatoms. The number of hydrogen-bond acceptors (Lipinski definition) is 5. The first-order valence-electron chi connectivity index (χ1n) is 12.2. The molecule has 1 aliphatic rings. The molecule has 0 aliphatic carbocycles. The maximum Gasteiger partial charge on any atom is 0.410 e. The zero-order valence-corrected chi connectivity index (χ0v) is 22.8. The van der Waals surface area contributed by atoms with E-state index in [0.29, 0.717) is 30.2 Å². The second-order valence-corrected chi connectivity index (χ2v) is 16.0. The van der Waals surface area contributed by atoms with Crippen molar-refractivity contribution in [3.05, 3.63) is 59.7 Å². The SMILES string of the molecule is CC(C)(C)OC(=O)N1CC[C@H](c2ccc3ncnc(Nc4cccc(C#C[Si](C)(C)C)c4F)c3c2)C1. The van der Waals surface area contributed by atoms with Crippen LogP contribution in [0.2, 0.25) is 19.6 Å². The van der Waals surface area contributed by atoms with Crippen LogP contribution in [0.3, 0.4) is 0 Å². The van der Waals surface area contributed by atoms with Crippen LogP contribution in [-0.2, 0) is 4.74 Å². The Bertz CT molecular complexity index is 1350. The minimum atomic E-state index is -1.64. The summed E-state index contributed by atoms with van der Waals surface area (Å²) in [7, 11) is -1.64. The molecule has 188 valence electrons. The molecule has 1 atom stereocenters. The summed E-state index contributed by atoms with van der Waals surface area (Å²) in [6, 6.07) is 11.2. The van der Waals surface area contributed by atoms with Gasteiger partial charge in [0, 0.05) is 24.4 Å². The van der Waals surface area contributed by atoms with Gasteiger partial charge >= 0.3 is 6.09 Å². The summed E-state index contributed by atoms with van der Waals surface area (Å²) in [5.41, 5.74) is 5.23. The summed E-state index contributed by atoms with van der Waals surface area (Å²) in [4.78, 5) is 23.0. The van der Waals surface area contributed by atoms with Crippen LogP contribution in [-0.4, -0.2) is 47.7 Å². The van der Waals surface area contributed by atoms with Crippen molar-refractivity contribution in [1.29, 1.82) is 0 Å². The molecule has 1 fully saturated rings. The van der Waals surface area contributed by atoms with Gasteiger partial charge in [-0.3, -0.25) is 0 Å². The van der Waals surface area contributed by atoms with Crippen molar-refractivity contribution in [2.45, 2.75) is 58.4 Å². The molecule has 1 aliphatic heterocycles. The van der Waals surface area contributed by atoms with E-state index in [-0.39, 0.29) is 12.0 Å². The average molecular weight is 505 g/mol. The average Bonchev–Trinajstić information content (AvgIpc) is 3.28. The minimum Gasteiger partial charge on any atom is -0.444 e. The number of carbonyl (C=O) groups excluding carboxylic acids is 1. The van der Waals surface area contributed by atoms with Gasteiger partial charge in [-0.2, -0.15) is 0 Å². The molecular formula is C28H33FN4O2Si. The van der Waals surface area contributed by atoms with E-state index < -0.39 is 19.5 Å². The second kappa shape index (κ2) is 9.90. The van der Waals surface area contributed by atoms with Gasteiger partial charge in [0.2, 0.25) is 0 Å². The van der Waals surface area contributed by atoms with E-state index in [0.717, 1.165) is 22.9 Å². The number of aromatic nitrogens is 2. The lowest BCUT2D eigenvalue weighted by molar-refractivity contribution is 0.0292. The number of ether oxygens (including phenoxy) is 1. The number of amides is 1. The van der Waals surface area contributed by atoms with Gasteiger partial charge in [0.1, 0.15) is 25.8 Å². The van der Waals surface area contributed by atoms with E-state index >= 15 is 4.39 Å². The Morgan fingerprint density at radius 1 is 1.19 bits per heavy atom. The number of nitrogens with zero attached hydrogens (tertiary/aromatic N) is 3. The highest BCUT2D eigenvalue weighted by Gasteiger charge is 2.30. The van der Waals surface area contributed by atoms with Crippen molar-refractivity contribution >= 4 is 36.6 Å². The lowest BCUT2D eigenvalue weighted by Crippen LogP contribution is -2.35. The predicted molar refractivity (Wildman–Crippen MR) is 145 cm³/mol. The first-order valence-corrected chi connectivity index (χ1v) is 15.7. The highest BCUT2D eigenvalue weighted by atomic mass is 28.3. The molecule has 3 aromatic rings. The zero-order valence-electron chi connectivity index (χ0n) is 21.8. The van der Waals surface area contributed by atoms with Crippen molar-refractivity contribution in [2.24, 2.45) is 0 Å². The number of carbonyl (C=O) groups is 1. The molecule has 1 aromatic heterocycles. The van der Waals surface area contributed by atoms with Crippen molar-refractivity contribution < 1.29 is 13.9 Å². The summed E-state index contributed by atoms with van der Waals surface area (Å²) in [5.74, 6) is 3.32. The largest absolute Gasteiger partial charge is 0.444 e. The number of halogens is 1. The second-order valence-electron chi connectivity index (χ2n) is 11.2. The molecule has 1 amide bonds. The minimum absolute atomic E-state index is 0.173. The zero-order chi connectivity index (χ0) is 26.1. The van der Waals surface area contributed by atoms with Crippen LogP contribution in [0.4, 0.5) is 20.7 Å². The number of hydrogen-bond donors (Lipinski definition) is 1. The van der Waals surface area contributed by atoms with Gasteiger partial charge in [0.25, 0.3) is 0 Å². The Morgan fingerprint density at radius 3 is 2.69 bits per heavy atom. The summed E-state index contributed by atoms with van der Waals surface area (Å²) < 4.78 is 20.8. The van der Waals surface area contributed by atoms with Crippen LogP contribution in [0.25, 0.3) is 10.9 Å². The maximum absolute atomic E-state index is 15.3. The van der Waals surface area contributed by atoms with Crippen LogP contribution < -0.4 is 5.32 Å². The summed E-state index contributed by atoms with van der Waals surface area (Å²) in [5, 5.41) is 3.95. The summed E-state index contributed by atoms with van der Waals surface area (Å²) in [6.07, 6.45) is 2.02. The van der Waals surface area contributed by atoms with E-state index in [2.05, 4.69) is 46.4 Å². The van der Waals surface area contributed by atoms with Gasteiger partial charge < -0.3 is 15.0 Å². The fourth-order valence-electron chi connectivity index (χ4n) is 4.06. The standard InChI is InChI=1S/C28H33FN4O2Si/c1-28(2,3)35-27(34)33-14-12-21(17-33)20-10-11-23-22(16-20)26(31-18-30-23)32-24-9-7-8-19(25(24)29)13-15-36(4,5)6/h7-11,16,18,21H,12,14,17H2,1-6H3,(H,30,31,32)/t21-/m0/s1. The van der Waals surface area contributed by atoms with Gasteiger partial charge in [-0.15, -0.1) is 5.54 Å².